The van der Waals surface area contributed by atoms with Crippen LogP contribution >= 0.6 is 39.3 Å². The van der Waals surface area contributed by atoms with E-state index in [0.29, 0.717) is 33.6 Å². The van der Waals surface area contributed by atoms with Crippen molar-refractivity contribution in [3.8, 4) is 22.8 Å². The Balaban J connectivity index is 1.44. The first kappa shape index (κ1) is 17.3. The maximum Gasteiger partial charge on any atom is 0.277 e. The molecule has 0 aliphatic carbocycles. The van der Waals surface area contributed by atoms with E-state index in [0.717, 1.165) is 15.6 Å². The summed E-state index contributed by atoms with van der Waals surface area (Å²) in [6.45, 7) is 0. The van der Waals surface area contributed by atoms with E-state index in [1.807, 2.05) is 36.4 Å². The number of rotatable bonds is 5. The molecule has 0 saturated carbocycles. The van der Waals surface area contributed by atoms with Crippen LogP contribution in [0.25, 0.3) is 22.8 Å². The normalized spacial score (nSPS) is 11.0. The number of nitrogens with zero attached hydrogens (tertiary/aromatic N) is 4. The Morgan fingerprint density at radius 1 is 1.04 bits per heavy atom. The lowest BCUT2D eigenvalue weighted by atomic mass is 10.2. The number of halogens is 2. The molecule has 0 unspecified atom stereocenters. The van der Waals surface area contributed by atoms with E-state index in [4.69, 9.17) is 20.5 Å². The third-order valence-corrected chi connectivity index (χ3v) is 4.88. The van der Waals surface area contributed by atoms with Crippen LogP contribution in [0.2, 0.25) is 5.02 Å². The Morgan fingerprint density at radius 3 is 2.73 bits per heavy atom. The van der Waals surface area contributed by atoms with Gasteiger partial charge in [0.15, 0.2) is 0 Å². The zero-order chi connectivity index (χ0) is 17.9. The van der Waals surface area contributed by atoms with Crippen molar-refractivity contribution in [1.29, 1.82) is 0 Å². The lowest BCUT2D eigenvalue weighted by Crippen LogP contribution is -1.83. The molecule has 130 valence electrons. The zero-order valence-electron chi connectivity index (χ0n) is 13.1. The fraction of sp³-hybridized carbons (Fsp3) is 0.0588. The minimum absolute atomic E-state index is 0.424. The molecule has 4 aromatic rings. The summed E-state index contributed by atoms with van der Waals surface area (Å²) in [6, 6.07) is 14.9. The van der Waals surface area contributed by atoms with E-state index in [-0.39, 0.29) is 0 Å². The molecule has 2 aromatic carbocycles. The van der Waals surface area contributed by atoms with Gasteiger partial charge in [-0.2, -0.15) is 4.98 Å². The average molecular weight is 450 g/mol. The van der Waals surface area contributed by atoms with Crippen molar-refractivity contribution in [2.45, 2.75) is 11.0 Å². The summed E-state index contributed by atoms with van der Waals surface area (Å²) >= 11 is 10.7. The monoisotopic (exact) mass is 448 g/mol. The predicted molar refractivity (Wildman–Crippen MR) is 102 cm³/mol. The van der Waals surface area contributed by atoms with Gasteiger partial charge in [-0.05, 0) is 30.3 Å². The van der Waals surface area contributed by atoms with Crippen molar-refractivity contribution in [3.05, 3.63) is 63.9 Å². The molecule has 2 aromatic heterocycles. The number of hydrogen-bond donors (Lipinski definition) is 0. The van der Waals surface area contributed by atoms with Gasteiger partial charge in [0.2, 0.25) is 17.6 Å². The highest BCUT2D eigenvalue weighted by Gasteiger charge is 2.13. The van der Waals surface area contributed by atoms with Gasteiger partial charge in [-0.3, -0.25) is 0 Å². The van der Waals surface area contributed by atoms with E-state index < -0.39 is 0 Å². The first-order valence-electron chi connectivity index (χ1n) is 7.48. The van der Waals surface area contributed by atoms with Crippen molar-refractivity contribution < 1.29 is 8.94 Å². The highest BCUT2D eigenvalue weighted by molar-refractivity contribution is 9.10. The maximum absolute atomic E-state index is 5.98. The molecule has 0 saturated heterocycles. The summed E-state index contributed by atoms with van der Waals surface area (Å²) < 4.78 is 11.9. The molecule has 26 heavy (non-hydrogen) atoms. The number of thioether (sulfide) groups is 1. The molecular weight excluding hydrogens is 440 g/mol. The van der Waals surface area contributed by atoms with E-state index >= 15 is 0 Å². The summed E-state index contributed by atoms with van der Waals surface area (Å²) in [6.07, 6.45) is 0. The zero-order valence-corrected chi connectivity index (χ0v) is 16.3. The Kier molecular flexibility index (Phi) is 5.05. The van der Waals surface area contributed by atoms with Gasteiger partial charge < -0.3 is 8.94 Å². The Bertz CT molecular complexity index is 969. The van der Waals surface area contributed by atoms with Gasteiger partial charge in [-0.15, -0.1) is 10.2 Å². The van der Waals surface area contributed by atoms with Crippen LogP contribution in [0.5, 0.6) is 0 Å². The predicted octanol–water partition coefficient (Wildman–Crippen LogP) is 5.49. The molecule has 2 heterocycles. The summed E-state index contributed by atoms with van der Waals surface area (Å²) in [5.41, 5.74) is 1.65. The van der Waals surface area contributed by atoms with E-state index in [2.05, 4.69) is 36.3 Å². The number of aromatic nitrogens is 4. The fourth-order valence-corrected chi connectivity index (χ4v) is 3.38. The third kappa shape index (κ3) is 3.98. The van der Waals surface area contributed by atoms with Crippen molar-refractivity contribution >= 4 is 39.3 Å². The van der Waals surface area contributed by atoms with E-state index in [9.17, 15) is 0 Å². The van der Waals surface area contributed by atoms with Crippen LogP contribution in [0.1, 0.15) is 5.89 Å². The smallest absolute Gasteiger partial charge is 0.277 e. The van der Waals surface area contributed by atoms with Crippen LogP contribution in [0.3, 0.4) is 0 Å². The summed E-state index contributed by atoms with van der Waals surface area (Å²) in [5, 5.41) is 13.1. The van der Waals surface area contributed by atoms with Crippen molar-refractivity contribution in [2.75, 3.05) is 0 Å². The lowest BCUT2D eigenvalue weighted by molar-refractivity contribution is 0.391. The molecule has 6 nitrogen and oxygen atoms in total. The van der Waals surface area contributed by atoms with Gasteiger partial charge in [-0.1, -0.05) is 62.6 Å². The van der Waals surface area contributed by atoms with Crippen LogP contribution in [0.4, 0.5) is 0 Å². The minimum atomic E-state index is 0.424. The van der Waals surface area contributed by atoms with Crippen molar-refractivity contribution in [2.24, 2.45) is 0 Å². The molecular formula is C17H10BrClN4O2S. The molecule has 0 radical (unpaired) electrons. The van der Waals surface area contributed by atoms with Crippen molar-refractivity contribution in [3.63, 3.8) is 0 Å². The molecule has 0 spiro atoms. The van der Waals surface area contributed by atoms with Crippen LogP contribution in [-0.2, 0) is 5.75 Å². The molecule has 0 bridgehead atoms. The molecule has 0 atom stereocenters. The second-order valence-corrected chi connectivity index (χ2v) is 7.47. The molecule has 0 fully saturated rings. The Morgan fingerprint density at radius 2 is 1.88 bits per heavy atom. The second-order valence-electron chi connectivity index (χ2n) is 5.19. The van der Waals surface area contributed by atoms with Gasteiger partial charge in [0.1, 0.15) is 0 Å². The molecule has 4 rings (SSSR count). The molecule has 0 aliphatic heterocycles. The fourth-order valence-electron chi connectivity index (χ4n) is 2.19. The Labute approximate surface area is 166 Å². The first-order valence-corrected chi connectivity index (χ1v) is 9.64. The van der Waals surface area contributed by atoms with Gasteiger partial charge in [0.25, 0.3) is 5.22 Å². The lowest BCUT2D eigenvalue weighted by Gasteiger charge is -1.95. The average Bonchev–Trinajstić information content (AvgIpc) is 3.30. The van der Waals surface area contributed by atoms with E-state index in [1.54, 1.807) is 12.1 Å². The van der Waals surface area contributed by atoms with Crippen LogP contribution in [0, 0.1) is 0 Å². The number of hydrogen-bond acceptors (Lipinski definition) is 7. The SMILES string of the molecule is Clc1cccc(-c2noc(CSc3nnc(-c4cccc(Br)c4)o3)n2)c1. The van der Waals surface area contributed by atoms with Crippen LogP contribution < -0.4 is 0 Å². The highest BCUT2D eigenvalue weighted by Crippen LogP contribution is 2.27. The van der Waals surface area contributed by atoms with Gasteiger partial charge in [0.05, 0.1) is 5.75 Å². The minimum Gasteiger partial charge on any atom is -0.411 e. The highest BCUT2D eigenvalue weighted by atomic mass is 79.9. The molecule has 9 heteroatoms. The molecule has 0 amide bonds. The van der Waals surface area contributed by atoms with E-state index in [1.165, 1.54) is 11.8 Å². The number of benzene rings is 2. The van der Waals surface area contributed by atoms with Gasteiger partial charge >= 0.3 is 0 Å². The quantitative estimate of drug-likeness (QED) is 0.372. The topological polar surface area (TPSA) is 77.8 Å². The molecule has 0 N–H and O–H groups in total. The third-order valence-electron chi connectivity index (χ3n) is 3.35. The van der Waals surface area contributed by atoms with Gasteiger partial charge in [-0.25, -0.2) is 0 Å². The summed E-state index contributed by atoms with van der Waals surface area (Å²) in [4.78, 5) is 4.36. The van der Waals surface area contributed by atoms with Crippen LogP contribution in [-0.4, -0.2) is 20.3 Å². The maximum atomic E-state index is 5.98. The first-order chi connectivity index (χ1) is 12.7. The second kappa shape index (κ2) is 7.61. The Hall–Kier alpha value is -2.16. The van der Waals surface area contributed by atoms with Crippen LogP contribution in [0.15, 0.2) is 67.2 Å². The summed E-state index contributed by atoms with van der Waals surface area (Å²) in [7, 11) is 0. The van der Waals surface area contributed by atoms with Crippen molar-refractivity contribution in [1.82, 2.24) is 20.3 Å². The summed E-state index contributed by atoms with van der Waals surface area (Å²) in [5.74, 6) is 1.84. The largest absolute Gasteiger partial charge is 0.411 e. The van der Waals surface area contributed by atoms with Gasteiger partial charge in [0, 0.05) is 20.6 Å². The standard InChI is InChI=1S/C17H10BrClN4O2S/c18-12-5-1-4-11(7-12)16-21-22-17(24-16)26-9-14-20-15(23-25-14)10-3-2-6-13(19)8-10/h1-8H,9H2. The molecule has 0 aliphatic rings.